The van der Waals surface area contributed by atoms with Crippen LogP contribution in [0.2, 0.25) is 5.02 Å². The molecule has 0 unspecified atom stereocenters. The minimum Gasteiger partial charge on any atom is -0.478 e. The van der Waals surface area contributed by atoms with Gasteiger partial charge in [0.15, 0.2) is 0 Å². The van der Waals surface area contributed by atoms with Gasteiger partial charge in [-0.25, -0.2) is 4.79 Å². The predicted octanol–water partition coefficient (Wildman–Crippen LogP) is 2.83. The lowest BCUT2D eigenvalue weighted by Gasteiger charge is -2.34. The van der Waals surface area contributed by atoms with Crippen molar-refractivity contribution in [1.29, 1.82) is 0 Å². The Bertz CT molecular complexity index is 895. The van der Waals surface area contributed by atoms with Crippen LogP contribution in [0.5, 0.6) is 0 Å². The van der Waals surface area contributed by atoms with Crippen LogP contribution in [-0.4, -0.2) is 52.3 Å². The number of hydrogen-bond acceptors (Lipinski definition) is 3. The molecule has 140 valence electrons. The van der Waals surface area contributed by atoms with Crippen molar-refractivity contribution in [2.24, 2.45) is 0 Å². The van der Waals surface area contributed by atoms with Gasteiger partial charge in [-0.05, 0) is 48.4 Å². The monoisotopic (exact) mass is 386 g/mol. The maximum absolute atomic E-state index is 12.7. The topological polar surface area (TPSA) is 77.9 Å². The summed E-state index contributed by atoms with van der Waals surface area (Å²) in [6.07, 6.45) is 0. The molecule has 1 aliphatic rings. The second-order valence-corrected chi connectivity index (χ2v) is 7.00. The maximum atomic E-state index is 12.7. The number of carboxylic acids is 1. The van der Waals surface area contributed by atoms with Gasteiger partial charge >= 0.3 is 5.97 Å². The summed E-state index contributed by atoms with van der Waals surface area (Å²) in [4.78, 5) is 39.5. The number of benzene rings is 2. The average molecular weight is 387 g/mol. The number of aromatic carboxylic acids is 1. The van der Waals surface area contributed by atoms with E-state index in [4.69, 9.17) is 16.7 Å². The molecule has 0 spiro atoms. The van der Waals surface area contributed by atoms with Crippen molar-refractivity contribution in [1.82, 2.24) is 9.80 Å². The van der Waals surface area contributed by atoms with Crippen LogP contribution in [0, 0.1) is 6.92 Å². The molecule has 0 bridgehead atoms. The highest BCUT2D eigenvalue weighted by Gasteiger charge is 2.28. The molecule has 1 aliphatic heterocycles. The molecule has 3 rings (SSSR count). The summed E-state index contributed by atoms with van der Waals surface area (Å²) in [5.74, 6) is -1.56. The normalized spacial score (nSPS) is 14.4. The van der Waals surface area contributed by atoms with Crippen molar-refractivity contribution in [3.05, 3.63) is 69.7 Å². The van der Waals surface area contributed by atoms with Crippen LogP contribution in [0.25, 0.3) is 0 Å². The fourth-order valence-electron chi connectivity index (χ4n) is 3.07. The number of hydrogen-bond donors (Lipinski definition) is 1. The maximum Gasteiger partial charge on any atom is 0.335 e. The molecular weight excluding hydrogens is 368 g/mol. The van der Waals surface area contributed by atoms with Gasteiger partial charge in [-0.3, -0.25) is 9.59 Å². The van der Waals surface area contributed by atoms with Crippen molar-refractivity contribution in [3.8, 4) is 0 Å². The number of carbonyl (C=O) groups excluding carboxylic acids is 2. The standard InChI is InChI=1S/C20H19ClN2O4/c1-13-8-15(10-16(9-13)20(26)27)19(25)23-7-6-22(18(24)12-23)11-14-2-4-17(21)5-3-14/h2-5,8-10H,6-7,11-12H2,1H3,(H,26,27). The number of amides is 2. The molecule has 1 saturated heterocycles. The Balaban J connectivity index is 1.68. The number of carboxylic acid groups (broad SMARTS) is 1. The summed E-state index contributed by atoms with van der Waals surface area (Å²) in [5, 5.41) is 9.80. The Kier molecular flexibility index (Phi) is 5.46. The fraction of sp³-hybridized carbons (Fsp3) is 0.250. The lowest BCUT2D eigenvalue weighted by Crippen LogP contribution is -2.51. The second-order valence-electron chi connectivity index (χ2n) is 6.56. The highest BCUT2D eigenvalue weighted by molar-refractivity contribution is 6.30. The highest BCUT2D eigenvalue weighted by atomic mass is 35.5. The molecule has 2 aromatic rings. The Morgan fingerprint density at radius 3 is 2.37 bits per heavy atom. The number of carbonyl (C=O) groups is 3. The number of nitrogens with zero attached hydrogens (tertiary/aromatic N) is 2. The van der Waals surface area contributed by atoms with Gasteiger partial charge in [-0.2, -0.15) is 0 Å². The molecule has 1 fully saturated rings. The van der Waals surface area contributed by atoms with E-state index in [-0.39, 0.29) is 29.5 Å². The van der Waals surface area contributed by atoms with E-state index in [1.165, 1.54) is 17.0 Å². The Hall–Kier alpha value is -2.86. The van der Waals surface area contributed by atoms with E-state index < -0.39 is 5.97 Å². The van der Waals surface area contributed by atoms with Gasteiger partial charge in [0.1, 0.15) is 6.54 Å². The van der Waals surface area contributed by atoms with Crippen molar-refractivity contribution in [2.75, 3.05) is 19.6 Å². The van der Waals surface area contributed by atoms with E-state index in [0.717, 1.165) is 5.56 Å². The first-order valence-electron chi connectivity index (χ1n) is 8.50. The Labute approximate surface area is 162 Å². The molecule has 7 heteroatoms. The molecule has 6 nitrogen and oxygen atoms in total. The van der Waals surface area contributed by atoms with Gasteiger partial charge in [-0.15, -0.1) is 0 Å². The molecule has 2 aromatic carbocycles. The minimum atomic E-state index is -1.09. The fourth-order valence-corrected chi connectivity index (χ4v) is 3.20. The lowest BCUT2D eigenvalue weighted by molar-refractivity contribution is -0.135. The first kappa shape index (κ1) is 18.9. The van der Waals surface area contributed by atoms with Crippen LogP contribution < -0.4 is 0 Å². The van der Waals surface area contributed by atoms with Gasteiger partial charge in [0, 0.05) is 30.2 Å². The minimum absolute atomic E-state index is 0.0250. The van der Waals surface area contributed by atoms with E-state index >= 15 is 0 Å². The molecule has 0 radical (unpaired) electrons. The predicted molar refractivity (Wildman–Crippen MR) is 101 cm³/mol. The summed E-state index contributed by atoms with van der Waals surface area (Å²) >= 11 is 5.88. The number of piperazine rings is 1. The molecule has 0 aliphatic carbocycles. The van der Waals surface area contributed by atoms with Crippen LogP contribution >= 0.6 is 11.6 Å². The summed E-state index contributed by atoms with van der Waals surface area (Å²) in [7, 11) is 0. The lowest BCUT2D eigenvalue weighted by atomic mass is 10.0. The molecule has 2 amide bonds. The third-order valence-corrected chi connectivity index (χ3v) is 4.72. The Morgan fingerprint density at radius 1 is 1.07 bits per heavy atom. The molecule has 0 atom stereocenters. The molecule has 1 heterocycles. The van der Waals surface area contributed by atoms with Crippen molar-refractivity contribution in [3.63, 3.8) is 0 Å². The molecule has 27 heavy (non-hydrogen) atoms. The van der Waals surface area contributed by atoms with Gasteiger partial charge in [-0.1, -0.05) is 23.7 Å². The van der Waals surface area contributed by atoms with E-state index in [9.17, 15) is 14.4 Å². The van der Waals surface area contributed by atoms with Gasteiger partial charge in [0.2, 0.25) is 5.91 Å². The van der Waals surface area contributed by atoms with Crippen LogP contribution in [0.4, 0.5) is 0 Å². The van der Waals surface area contributed by atoms with Crippen molar-refractivity contribution < 1.29 is 19.5 Å². The zero-order valence-corrected chi connectivity index (χ0v) is 15.6. The third kappa shape index (κ3) is 4.46. The van der Waals surface area contributed by atoms with E-state index in [1.807, 2.05) is 12.1 Å². The van der Waals surface area contributed by atoms with Gasteiger partial charge in [0.05, 0.1) is 5.56 Å². The van der Waals surface area contributed by atoms with E-state index in [2.05, 4.69) is 0 Å². The zero-order chi connectivity index (χ0) is 19.6. The van der Waals surface area contributed by atoms with E-state index in [0.29, 0.717) is 30.2 Å². The van der Waals surface area contributed by atoms with Gasteiger partial charge < -0.3 is 14.9 Å². The molecule has 1 N–H and O–H groups in total. The SMILES string of the molecule is Cc1cc(C(=O)O)cc(C(=O)N2CCN(Cc3ccc(Cl)cc3)C(=O)C2)c1. The first-order chi connectivity index (χ1) is 12.8. The summed E-state index contributed by atoms with van der Waals surface area (Å²) < 4.78 is 0. The van der Waals surface area contributed by atoms with Gasteiger partial charge in [0.25, 0.3) is 5.91 Å². The first-order valence-corrected chi connectivity index (χ1v) is 8.88. The molecule has 0 aromatic heterocycles. The number of halogens is 1. The zero-order valence-electron chi connectivity index (χ0n) is 14.8. The Morgan fingerprint density at radius 2 is 1.74 bits per heavy atom. The average Bonchev–Trinajstić information content (AvgIpc) is 2.64. The van der Waals surface area contributed by atoms with Crippen LogP contribution in [0.3, 0.4) is 0 Å². The third-order valence-electron chi connectivity index (χ3n) is 4.46. The smallest absolute Gasteiger partial charge is 0.335 e. The largest absolute Gasteiger partial charge is 0.478 e. The summed E-state index contributed by atoms with van der Waals surface area (Å²) in [5.41, 5.74) is 2.00. The quantitative estimate of drug-likeness (QED) is 0.876. The van der Waals surface area contributed by atoms with E-state index in [1.54, 1.807) is 30.0 Å². The molecule has 0 saturated carbocycles. The summed E-state index contributed by atoms with van der Waals surface area (Å²) in [6, 6.07) is 11.8. The van der Waals surface area contributed by atoms with Crippen molar-refractivity contribution >= 4 is 29.4 Å². The van der Waals surface area contributed by atoms with Crippen molar-refractivity contribution in [2.45, 2.75) is 13.5 Å². The number of aryl methyl sites for hydroxylation is 1. The second kappa shape index (κ2) is 7.80. The van der Waals surface area contributed by atoms with Crippen LogP contribution in [0.1, 0.15) is 31.8 Å². The summed E-state index contributed by atoms with van der Waals surface area (Å²) in [6.45, 7) is 2.99. The van der Waals surface area contributed by atoms with Crippen LogP contribution in [-0.2, 0) is 11.3 Å². The van der Waals surface area contributed by atoms with Crippen LogP contribution in [0.15, 0.2) is 42.5 Å². The molecular formula is C20H19ClN2O4. The highest BCUT2D eigenvalue weighted by Crippen LogP contribution is 2.17. The number of rotatable bonds is 4.